The van der Waals surface area contributed by atoms with E-state index in [1.165, 1.54) is 4.31 Å². The Kier molecular flexibility index (Phi) is 7.28. The molecular formula is C17H32N4O4S. The van der Waals surface area contributed by atoms with Crippen LogP contribution >= 0.6 is 0 Å². The lowest BCUT2D eigenvalue weighted by Gasteiger charge is -2.39. The third-order valence-electron chi connectivity index (χ3n) is 5.39. The number of amides is 3. The normalized spacial score (nSPS) is 22.3. The average Bonchev–Trinajstić information content (AvgIpc) is 2.68. The van der Waals surface area contributed by atoms with Gasteiger partial charge in [0.1, 0.15) is 0 Å². The Balaban J connectivity index is 1.91. The summed E-state index contributed by atoms with van der Waals surface area (Å²) in [5.74, 6) is -0.175. The number of hydrogen-bond donors (Lipinski definition) is 0. The molecule has 2 fully saturated rings. The van der Waals surface area contributed by atoms with E-state index in [4.69, 9.17) is 0 Å². The van der Waals surface area contributed by atoms with Gasteiger partial charge in [0, 0.05) is 52.4 Å². The number of piperidine rings is 1. The predicted octanol–water partition coefficient (Wildman–Crippen LogP) is 0.654. The van der Waals surface area contributed by atoms with Crippen LogP contribution in [0.2, 0.25) is 0 Å². The van der Waals surface area contributed by atoms with Gasteiger partial charge in [-0.1, -0.05) is 0 Å². The zero-order valence-electron chi connectivity index (χ0n) is 16.2. The summed E-state index contributed by atoms with van der Waals surface area (Å²) in [5, 5.41) is 0. The molecule has 0 radical (unpaired) electrons. The molecule has 9 heteroatoms. The topological polar surface area (TPSA) is 81.2 Å². The van der Waals surface area contributed by atoms with E-state index in [1.807, 2.05) is 13.8 Å². The maximum atomic E-state index is 12.8. The van der Waals surface area contributed by atoms with Gasteiger partial charge in [0.25, 0.3) is 0 Å². The van der Waals surface area contributed by atoms with E-state index in [0.29, 0.717) is 45.8 Å². The summed E-state index contributed by atoms with van der Waals surface area (Å²) >= 11 is 0. The Morgan fingerprint density at radius 2 is 1.54 bits per heavy atom. The van der Waals surface area contributed by atoms with Crippen LogP contribution < -0.4 is 0 Å². The van der Waals surface area contributed by atoms with Crippen molar-refractivity contribution in [3.63, 3.8) is 0 Å². The molecule has 0 aromatic heterocycles. The second-order valence-corrected chi connectivity index (χ2v) is 9.12. The van der Waals surface area contributed by atoms with Gasteiger partial charge < -0.3 is 14.7 Å². The zero-order chi connectivity index (χ0) is 19.3. The summed E-state index contributed by atoms with van der Waals surface area (Å²) in [6, 6.07) is 0.0278. The fourth-order valence-corrected chi connectivity index (χ4v) is 4.83. The molecule has 150 valence electrons. The molecule has 0 bridgehead atoms. The molecule has 0 aliphatic carbocycles. The lowest BCUT2D eigenvalue weighted by molar-refractivity contribution is -0.138. The number of carbonyl (C=O) groups is 2. The summed E-state index contributed by atoms with van der Waals surface area (Å²) in [4.78, 5) is 30.6. The SMILES string of the molecule is CCN(CC)C(=O)N1CCN(C(=O)C2CCCN(S(=O)(=O)CC)C2)CC1. The van der Waals surface area contributed by atoms with Gasteiger partial charge in [-0.05, 0) is 33.6 Å². The molecule has 0 aromatic rings. The van der Waals surface area contributed by atoms with Gasteiger partial charge in [0.05, 0.1) is 11.7 Å². The second-order valence-electron chi connectivity index (χ2n) is 6.86. The summed E-state index contributed by atoms with van der Waals surface area (Å²) in [7, 11) is -3.25. The monoisotopic (exact) mass is 388 g/mol. The average molecular weight is 389 g/mol. The standard InChI is InChI=1S/C17H32N4O4S/c1-4-18(5-2)17(23)20-12-10-19(11-13-20)16(22)15-8-7-9-21(14-15)26(24,25)6-3/h15H,4-14H2,1-3H3. The van der Waals surface area contributed by atoms with E-state index in [0.717, 1.165) is 12.8 Å². The predicted molar refractivity (Wildman–Crippen MR) is 100 cm³/mol. The van der Waals surface area contributed by atoms with Crippen molar-refractivity contribution in [1.29, 1.82) is 0 Å². The minimum atomic E-state index is -3.25. The smallest absolute Gasteiger partial charge is 0.320 e. The van der Waals surface area contributed by atoms with Crippen molar-refractivity contribution in [1.82, 2.24) is 19.0 Å². The zero-order valence-corrected chi connectivity index (χ0v) is 17.0. The Morgan fingerprint density at radius 3 is 2.08 bits per heavy atom. The summed E-state index contributed by atoms with van der Waals surface area (Å²) in [5.41, 5.74) is 0. The van der Waals surface area contributed by atoms with Gasteiger partial charge >= 0.3 is 6.03 Å². The molecule has 3 amide bonds. The maximum absolute atomic E-state index is 12.8. The highest BCUT2D eigenvalue weighted by Crippen LogP contribution is 2.22. The van der Waals surface area contributed by atoms with Crippen molar-refractivity contribution in [3.05, 3.63) is 0 Å². The number of carbonyl (C=O) groups excluding carboxylic acids is 2. The molecular weight excluding hydrogens is 356 g/mol. The minimum absolute atomic E-state index is 0.0240. The molecule has 2 saturated heterocycles. The van der Waals surface area contributed by atoms with Crippen LogP contribution in [0, 0.1) is 5.92 Å². The van der Waals surface area contributed by atoms with Crippen LogP contribution in [0.4, 0.5) is 4.79 Å². The molecule has 2 aliphatic heterocycles. The second kappa shape index (κ2) is 9.03. The number of hydrogen-bond acceptors (Lipinski definition) is 4. The number of rotatable bonds is 5. The highest BCUT2D eigenvalue weighted by molar-refractivity contribution is 7.89. The van der Waals surface area contributed by atoms with Gasteiger partial charge in [-0.25, -0.2) is 17.5 Å². The van der Waals surface area contributed by atoms with Gasteiger partial charge in [-0.3, -0.25) is 4.79 Å². The molecule has 2 rings (SSSR count). The molecule has 8 nitrogen and oxygen atoms in total. The van der Waals surface area contributed by atoms with E-state index in [-0.39, 0.29) is 30.2 Å². The lowest BCUT2D eigenvalue weighted by Crippen LogP contribution is -2.56. The first kappa shape index (κ1) is 21.0. The molecule has 0 aromatic carbocycles. The first-order valence-corrected chi connectivity index (χ1v) is 11.2. The summed E-state index contributed by atoms with van der Waals surface area (Å²) < 4.78 is 25.6. The third-order valence-corrected chi connectivity index (χ3v) is 7.24. The molecule has 2 heterocycles. The van der Waals surface area contributed by atoms with E-state index < -0.39 is 10.0 Å². The minimum Gasteiger partial charge on any atom is -0.339 e. The van der Waals surface area contributed by atoms with Crippen molar-refractivity contribution in [2.45, 2.75) is 33.6 Å². The quantitative estimate of drug-likeness (QED) is 0.693. The number of sulfonamides is 1. The molecule has 1 atom stereocenters. The maximum Gasteiger partial charge on any atom is 0.320 e. The van der Waals surface area contributed by atoms with Crippen LogP contribution in [0.1, 0.15) is 33.6 Å². The lowest BCUT2D eigenvalue weighted by atomic mass is 9.98. The number of urea groups is 1. The third kappa shape index (κ3) is 4.68. The van der Waals surface area contributed by atoms with Crippen LogP contribution in [-0.4, -0.2) is 97.5 Å². The van der Waals surface area contributed by atoms with Crippen molar-refractivity contribution >= 4 is 22.0 Å². The van der Waals surface area contributed by atoms with Crippen LogP contribution in [0.25, 0.3) is 0 Å². The fourth-order valence-electron chi connectivity index (χ4n) is 3.65. The fraction of sp³-hybridized carbons (Fsp3) is 0.882. The van der Waals surface area contributed by atoms with Crippen molar-refractivity contribution in [2.75, 3.05) is 58.1 Å². The van der Waals surface area contributed by atoms with Crippen LogP contribution in [0.5, 0.6) is 0 Å². The molecule has 2 aliphatic rings. The van der Waals surface area contributed by atoms with E-state index in [9.17, 15) is 18.0 Å². The molecule has 0 N–H and O–H groups in total. The number of nitrogens with zero attached hydrogens (tertiary/aromatic N) is 4. The van der Waals surface area contributed by atoms with Gasteiger partial charge in [0.2, 0.25) is 15.9 Å². The first-order chi connectivity index (χ1) is 12.3. The number of piperazine rings is 1. The summed E-state index contributed by atoms with van der Waals surface area (Å²) in [6.07, 6.45) is 1.45. The van der Waals surface area contributed by atoms with Gasteiger partial charge in [0.15, 0.2) is 0 Å². The van der Waals surface area contributed by atoms with Crippen LogP contribution in [-0.2, 0) is 14.8 Å². The summed E-state index contributed by atoms with van der Waals surface area (Å²) in [6.45, 7) is 9.80. The van der Waals surface area contributed by atoms with Crippen molar-refractivity contribution in [2.24, 2.45) is 5.92 Å². The van der Waals surface area contributed by atoms with Crippen molar-refractivity contribution < 1.29 is 18.0 Å². The molecule has 1 unspecified atom stereocenters. The van der Waals surface area contributed by atoms with Gasteiger partial charge in [-0.2, -0.15) is 0 Å². The van der Waals surface area contributed by atoms with E-state index in [2.05, 4.69) is 0 Å². The van der Waals surface area contributed by atoms with Crippen LogP contribution in [0.3, 0.4) is 0 Å². The van der Waals surface area contributed by atoms with E-state index in [1.54, 1.807) is 21.6 Å². The van der Waals surface area contributed by atoms with E-state index >= 15 is 0 Å². The first-order valence-electron chi connectivity index (χ1n) is 9.64. The highest BCUT2D eigenvalue weighted by atomic mass is 32.2. The Hall–Kier alpha value is -1.35. The largest absolute Gasteiger partial charge is 0.339 e. The molecule has 0 saturated carbocycles. The Bertz CT molecular complexity index is 598. The van der Waals surface area contributed by atoms with Gasteiger partial charge in [-0.15, -0.1) is 0 Å². The van der Waals surface area contributed by atoms with Crippen LogP contribution in [0.15, 0.2) is 0 Å². The highest BCUT2D eigenvalue weighted by Gasteiger charge is 2.35. The molecule has 0 spiro atoms. The van der Waals surface area contributed by atoms with Crippen molar-refractivity contribution in [3.8, 4) is 0 Å². The Labute approximate surface area is 157 Å². The molecule has 26 heavy (non-hydrogen) atoms. The Morgan fingerprint density at radius 1 is 0.962 bits per heavy atom.